The molecule has 0 aliphatic heterocycles. The summed E-state index contributed by atoms with van der Waals surface area (Å²) in [4.78, 5) is 20.8. The van der Waals surface area contributed by atoms with E-state index in [9.17, 15) is 4.79 Å². The van der Waals surface area contributed by atoms with Crippen LogP contribution in [-0.2, 0) is 0 Å². The number of pyridine rings is 1. The van der Waals surface area contributed by atoms with Crippen molar-refractivity contribution in [2.45, 2.75) is 33.6 Å². The van der Waals surface area contributed by atoms with Gasteiger partial charge in [0.1, 0.15) is 5.82 Å². The molecule has 1 N–H and O–H groups in total. The van der Waals surface area contributed by atoms with Crippen molar-refractivity contribution in [1.82, 2.24) is 9.88 Å². The minimum Gasteiger partial charge on any atom is -0.372 e. The summed E-state index contributed by atoms with van der Waals surface area (Å²) in [5, 5.41) is 3.28. The molecule has 0 spiro atoms. The lowest BCUT2D eigenvalue weighted by molar-refractivity contribution is 0.0793. The highest BCUT2D eigenvalue weighted by Gasteiger charge is 2.11. The lowest BCUT2D eigenvalue weighted by atomic mass is 10.2. The number of unbranched alkanes of at least 4 members (excludes halogenated alkanes) is 1. The van der Waals surface area contributed by atoms with Crippen LogP contribution in [0.1, 0.15) is 44.0 Å². The molecule has 0 aliphatic rings. The average Bonchev–Trinajstić information content (AvgIpc) is 2.68. The first-order valence-corrected chi connectivity index (χ1v) is 9.42. The largest absolute Gasteiger partial charge is 0.372 e. The van der Waals surface area contributed by atoms with Gasteiger partial charge in [-0.2, -0.15) is 0 Å². The molecule has 0 bridgehead atoms. The zero-order valence-corrected chi connectivity index (χ0v) is 16.3. The van der Waals surface area contributed by atoms with E-state index in [-0.39, 0.29) is 5.91 Å². The monoisotopic (exact) mass is 354 g/mol. The SMILES string of the molecule is CCCCN(C)C(=O)c1ccc(Nc2ccc(N(CC)CC)cc2)nc1. The van der Waals surface area contributed by atoms with Gasteiger partial charge in [0.2, 0.25) is 0 Å². The van der Waals surface area contributed by atoms with Crippen LogP contribution < -0.4 is 10.2 Å². The van der Waals surface area contributed by atoms with Crippen LogP contribution >= 0.6 is 0 Å². The number of rotatable bonds is 9. The third-order valence-electron chi connectivity index (χ3n) is 4.47. The molecule has 0 atom stereocenters. The van der Waals surface area contributed by atoms with Crippen molar-refractivity contribution in [3.63, 3.8) is 0 Å². The van der Waals surface area contributed by atoms with Gasteiger partial charge in [0.15, 0.2) is 0 Å². The average molecular weight is 354 g/mol. The zero-order valence-electron chi connectivity index (χ0n) is 16.3. The Morgan fingerprint density at radius 1 is 1.04 bits per heavy atom. The fourth-order valence-electron chi connectivity index (χ4n) is 2.80. The summed E-state index contributed by atoms with van der Waals surface area (Å²) in [6, 6.07) is 12.0. The molecule has 0 radical (unpaired) electrons. The Balaban J connectivity index is 1.99. The molecule has 0 aliphatic carbocycles. The van der Waals surface area contributed by atoms with Gasteiger partial charge in [-0.3, -0.25) is 4.79 Å². The standard InChI is InChI=1S/C21H30N4O/c1-5-8-15-24(4)21(26)17-9-14-20(22-16-17)23-18-10-12-19(13-11-18)25(6-2)7-3/h9-14,16H,5-8,15H2,1-4H3,(H,22,23). The summed E-state index contributed by atoms with van der Waals surface area (Å²) in [5.41, 5.74) is 2.81. The number of anilines is 3. The predicted molar refractivity (Wildman–Crippen MR) is 109 cm³/mol. The van der Waals surface area contributed by atoms with Gasteiger partial charge in [0.05, 0.1) is 5.56 Å². The number of nitrogens with one attached hydrogen (secondary N) is 1. The molecule has 0 fully saturated rings. The summed E-state index contributed by atoms with van der Waals surface area (Å²) in [5.74, 6) is 0.745. The second-order valence-corrected chi connectivity index (χ2v) is 6.36. The van der Waals surface area contributed by atoms with Crippen LogP contribution in [0.5, 0.6) is 0 Å². The summed E-state index contributed by atoms with van der Waals surface area (Å²) in [6.07, 6.45) is 3.72. The van der Waals surface area contributed by atoms with Crippen LogP contribution in [0.15, 0.2) is 42.6 Å². The van der Waals surface area contributed by atoms with Crippen molar-refractivity contribution < 1.29 is 4.79 Å². The molecule has 2 aromatic rings. The van der Waals surface area contributed by atoms with E-state index >= 15 is 0 Å². The fraction of sp³-hybridized carbons (Fsp3) is 0.429. The quantitative estimate of drug-likeness (QED) is 0.718. The number of hydrogen-bond acceptors (Lipinski definition) is 4. The van der Waals surface area contributed by atoms with E-state index in [1.807, 2.05) is 31.3 Å². The summed E-state index contributed by atoms with van der Waals surface area (Å²) in [7, 11) is 1.83. The van der Waals surface area contributed by atoms with Gasteiger partial charge >= 0.3 is 0 Å². The Labute approximate surface area is 157 Å². The number of nitrogens with zero attached hydrogens (tertiary/aromatic N) is 3. The molecule has 1 aromatic carbocycles. The molecule has 1 aromatic heterocycles. The highest BCUT2D eigenvalue weighted by Crippen LogP contribution is 2.20. The molecule has 26 heavy (non-hydrogen) atoms. The Bertz CT molecular complexity index is 678. The van der Waals surface area contributed by atoms with Crippen LogP contribution in [0.25, 0.3) is 0 Å². The third-order valence-corrected chi connectivity index (χ3v) is 4.47. The van der Waals surface area contributed by atoms with Crippen LogP contribution in [0.4, 0.5) is 17.2 Å². The minimum atomic E-state index is 0.0149. The van der Waals surface area contributed by atoms with Crippen LogP contribution in [0.2, 0.25) is 0 Å². The Morgan fingerprint density at radius 3 is 2.27 bits per heavy atom. The number of hydrogen-bond donors (Lipinski definition) is 1. The minimum absolute atomic E-state index is 0.0149. The lowest BCUT2D eigenvalue weighted by Gasteiger charge is -2.21. The number of carbonyl (C=O) groups excluding carboxylic acids is 1. The lowest BCUT2D eigenvalue weighted by Crippen LogP contribution is -2.27. The highest BCUT2D eigenvalue weighted by molar-refractivity contribution is 5.94. The van der Waals surface area contributed by atoms with Gasteiger partial charge in [0.25, 0.3) is 5.91 Å². The molecule has 1 amide bonds. The van der Waals surface area contributed by atoms with E-state index in [0.717, 1.165) is 44.0 Å². The molecule has 1 heterocycles. The van der Waals surface area contributed by atoms with Gasteiger partial charge in [-0.1, -0.05) is 13.3 Å². The topological polar surface area (TPSA) is 48.5 Å². The van der Waals surface area contributed by atoms with E-state index in [4.69, 9.17) is 0 Å². The second-order valence-electron chi connectivity index (χ2n) is 6.36. The van der Waals surface area contributed by atoms with Gasteiger partial charge < -0.3 is 15.1 Å². The molecule has 0 saturated carbocycles. The first-order chi connectivity index (χ1) is 12.6. The van der Waals surface area contributed by atoms with Crippen LogP contribution in [-0.4, -0.2) is 42.5 Å². The van der Waals surface area contributed by atoms with Gasteiger partial charge in [0, 0.05) is 44.3 Å². The van der Waals surface area contributed by atoms with E-state index in [2.05, 4.69) is 48.1 Å². The van der Waals surface area contributed by atoms with Gasteiger partial charge in [-0.25, -0.2) is 4.98 Å². The highest BCUT2D eigenvalue weighted by atomic mass is 16.2. The van der Waals surface area contributed by atoms with Crippen molar-refractivity contribution in [2.24, 2.45) is 0 Å². The van der Waals surface area contributed by atoms with Gasteiger partial charge in [-0.05, 0) is 56.7 Å². The van der Waals surface area contributed by atoms with Crippen LogP contribution in [0, 0.1) is 0 Å². The maximum absolute atomic E-state index is 12.3. The number of carbonyl (C=O) groups is 1. The van der Waals surface area contributed by atoms with E-state index in [1.165, 1.54) is 5.69 Å². The molecule has 5 heteroatoms. The van der Waals surface area contributed by atoms with Crippen molar-refractivity contribution in [3.05, 3.63) is 48.2 Å². The molecular weight excluding hydrogens is 324 g/mol. The van der Waals surface area contributed by atoms with Crippen LogP contribution in [0.3, 0.4) is 0 Å². The molecule has 2 rings (SSSR count). The molecule has 0 unspecified atom stereocenters. The molecule has 5 nitrogen and oxygen atoms in total. The molecule has 0 saturated heterocycles. The van der Waals surface area contributed by atoms with Crippen molar-refractivity contribution in [3.8, 4) is 0 Å². The van der Waals surface area contributed by atoms with E-state index in [0.29, 0.717) is 5.56 Å². The first kappa shape index (κ1) is 19.8. The first-order valence-electron chi connectivity index (χ1n) is 9.42. The molecule has 140 valence electrons. The Kier molecular flexibility index (Phi) is 7.45. The second kappa shape index (κ2) is 9.80. The summed E-state index contributed by atoms with van der Waals surface area (Å²) in [6.45, 7) is 9.19. The number of aromatic nitrogens is 1. The van der Waals surface area contributed by atoms with Gasteiger partial charge in [-0.15, -0.1) is 0 Å². The van der Waals surface area contributed by atoms with E-state index < -0.39 is 0 Å². The number of amides is 1. The van der Waals surface area contributed by atoms with Crippen molar-refractivity contribution >= 4 is 23.1 Å². The normalized spacial score (nSPS) is 10.5. The zero-order chi connectivity index (χ0) is 18.9. The fourth-order valence-corrected chi connectivity index (χ4v) is 2.80. The smallest absolute Gasteiger partial charge is 0.255 e. The maximum Gasteiger partial charge on any atom is 0.255 e. The van der Waals surface area contributed by atoms with Crippen molar-refractivity contribution in [1.29, 1.82) is 0 Å². The Hall–Kier alpha value is -2.56. The summed E-state index contributed by atoms with van der Waals surface area (Å²) < 4.78 is 0. The predicted octanol–water partition coefficient (Wildman–Crippen LogP) is 4.54. The molecular formula is C21H30N4O. The third kappa shape index (κ3) is 5.22. The Morgan fingerprint density at radius 2 is 1.73 bits per heavy atom. The van der Waals surface area contributed by atoms with E-state index in [1.54, 1.807) is 11.1 Å². The maximum atomic E-state index is 12.3. The summed E-state index contributed by atoms with van der Waals surface area (Å²) >= 11 is 0. The van der Waals surface area contributed by atoms with Crippen molar-refractivity contribution in [2.75, 3.05) is 36.9 Å². The number of benzene rings is 1.